The third kappa shape index (κ3) is 1.61. The summed E-state index contributed by atoms with van der Waals surface area (Å²) in [6.07, 6.45) is 1.14. The van der Waals surface area contributed by atoms with Crippen molar-refractivity contribution in [2.24, 2.45) is 0 Å². The van der Waals surface area contributed by atoms with Crippen molar-refractivity contribution < 1.29 is 19.4 Å². The lowest BCUT2D eigenvalue weighted by molar-refractivity contribution is 0.0690. The first-order valence-electron chi connectivity index (χ1n) is 4.84. The normalized spacial score (nSPS) is 19.7. The quantitative estimate of drug-likeness (QED) is 0.744. The molecule has 1 aromatic carbocycles. The number of aliphatic hydroxyl groups excluding tert-OH is 1. The van der Waals surface area contributed by atoms with Crippen LogP contribution < -0.4 is 0 Å². The number of rotatable bonds is 1. The Morgan fingerprint density at radius 3 is 2.87 bits per heavy atom. The Bertz CT molecular complexity index is 415. The average molecular weight is 210 g/mol. The van der Waals surface area contributed by atoms with Gasteiger partial charge >= 0.3 is 5.97 Å². The first-order valence-corrected chi connectivity index (χ1v) is 4.84. The van der Waals surface area contributed by atoms with Crippen LogP contribution in [-0.2, 0) is 6.42 Å². The maximum Gasteiger partial charge on any atom is 0.338 e. The van der Waals surface area contributed by atoms with E-state index in [0.717, 1.165) is 0 Å². The minimum atomic E-state index is -1.27. The molecule has 15 heavy (non-hydrogen) atoms. The Hall–Kier alpha value is -1.42. The highest BCUT2D eigenvalue weighted by atomic mass is 19.1. The maximum absolute atomic E-state index is 13.7. The van der Waals surface area contributed by atoms with Gasteiger partial charge in [-0.3, -0.25) is 0 Å². The highest BCUT2D eigenvalue weighted by Gasteiger charge is 2.24. The fourth-order valence-electron chi connectivity index (χ4n) is 2.00. The van der Waals surface area contributed by atoms with Gasteiger partial charge in [-0.15, -0.1) is 0 Å². The number of hydrogen-bond donors (Lipinski definition) is 2. The van der Waals surface area contributed by atoms with Crippen LogP contribution >= 0.6 is 0 Å². The fourth-order valence-corrected chi connectivity index (χ4v) is 2.00. The van der Waals surface area contributed by atoms with E-state index in [-0.39, 0.29) is 5.56 Å². The summed E-state index contributed by atoms with van der Waals surface area (Å²) >= 11 is 0. The van der Waals surface area contributed by atoms with Crippen LogP contribution in [-0.4, -0.2) is 16.2 Å². The van der Waals surface area contributed by atoms with Crippen LogP contribution in [0.5, 0.6) is 0 Å². The van der Waals surface area contributed by atoms with Crippen LogP contribution in [0.3, 0.4) is 0 Å². The number of benzene rings is 1. The maximum atomic E-state index is 13.7. The molecule has 0 bridgehead atoms. The lowest BCUT2D eigenvalue weighted by Gasteiger charge is -2.22. The average Bonchev–Trinajstić information content (AvgIpc) is 2.19. The molecule has 0 heterocycles. The molecular weight excluding hydrogens is 199 g/mol. The zero-order valence-electron chi connectivity index (χ0n) is 8.03. The molecule has 4 heteroatoms. The van der Waals surface area contributed by atoms with Gasteiger partial charge in [0.15, 0.2) is 0 Å². The summed E-state index contributed by atoms with van der Waals surface area (Å²) in [5.41, 5.74) is 0.570. The van der Waals surface area contributed by atoms with Crippen molar-refractivity contribution in [3.63, 3.8) is 0 Å². The number of aliphatic hydroxyl groups is 1. The van der Waals surface area contributed by atoms with Gasteiger partial charge < -0.3 is 10.2 Å². The van der Waals surface area contributed by atoms with Gasteiger partial charge in [0.1, 0.15) is 5.82 Å². The van der Waals surface area contributed by atoms with Gasteiger partial charge in [-0.1, -0.05) is 6.07 Å². The number of carbonyl (C=O) groups is 1. The van der Waals surface area contributed by atoms with E-state index in [4.69, 9.17) is 5.11 Å². The van der Waals surface area contributed by atoms with Gasteiger partial charge in [0.2, 0.25) is 0 Å². The zero-order valence-corrected chi connectivity index (χ0v) is 8.03. The van der Waals surface area contributed by atoms with E-state index >= 15 is 0 Å². The second-order valence-electron chi connectivity index (χ2n) is 3.71. The second-order valence-corrected chi connectivity index (χ2v) is 3.71. The summed E-state index contributed by atoms with van der Waals surface area (Å²) in [7, 11) is 0. The molecule has 0 spiro atoms. The standard InChI is InChI=1S/C11H11FO3/c12-10-7-2-1-3-9(13)6(7)4-5-8(10)11(14)15/h4-5,9,13H,1-3H2,(H,14,15). The molecule has 3 nitrogen and oxygen atoms in total. The molecule has 0 saturated carbocycles. The van der Waals surface area contributed by atoms with Crippen molar-refractivity contribution in [1.82, 2.24) is 0 Å². The van der Waals surface area contributed by atoms with Crippen LogP contribution in [0.25, 0.3) is 0 Å². The molecule has 0 amide bonds. The number of aromatic carboxylic acids is 1. The molecule has 1 unspecified atom stereocenters. The molecule has 0 aromatic heterocycles. The van der Waals surface area contributed by atoms with E-state index < -0.39 is 17.9 Å². The van der Waals surface area contributed by atoms with E-state index in [1.165, 1.54) is 12.1 Å². The van der Waals surface area contributed by atoms with Gasteiger partial charge in [0.25, 0.3) is 0 Å². The minimum absolute atomic E-state index is 0.317. The SMILES string of the molecule is O=C(O)c1ccc2c(c1F)CCCC2O. The molecule has 1 aliphatic rings. The van der Waals surface area contributed by atoms with Crippen LogP contribution in [0.15, 0.2) is 12.1 Å². The van der Waals surface area contributed by atoms with Crippen molar-refractivity contribution in [1.29, 1.82) is 0 Å². The molecule has 2 N–H and O–H groups in total. The van der Waals surface area contributed by atoms with Gasteiger partial charge in [-0.2, -0.15) is 0 Å². The third-order valence-electron chi connectivity index (χ3n) is 2.77. The summed E-state index contributed by atoms with van der Waals surface area (Å²) in [4.78, 5) is 10.7. The van der Waals surface area contributed by atoms with Gasteiger partial charge in [-0.25, -0.2) is 9.18 Å². The Kier molecular flexibility index (Phi) is 2.44. The van der Waals surface area contributed by atoms with Crippen LogP contribution in [0.1, 0.15) is 40.4 Å². The van der Waals surface area contributed by atoms with Gasteiger partial charge in [-0.05, 0) is 36.5 Å². The smallest absolute Gasteiger partial charge is 0.338 e. The number of fused-ring (bicyclic) bond motifs is 1. The van der Waals surface area contributed by atoms with Crippen LogP contribution in [0.2, 0.25) is 0 Å². The minimum Gasteiger partial charge on any atom is -0.478 e. The predicted octanol–water partition coefficient (Wildman–Crippen LogP) is 1.89. The first kappa shape index (κ1) is 10.1. The monoisotopic (exact) mass is 210 g/mol. The summed E-state index contributed by atoms with van der Waals surface area (Å²) in [5, 5.41) is 18.3. The number of hydrogen-bond acceptors (Lipinski definition) is 2. The Morgan fingerprint density at radius 2 is 2.20 bits per heavy atom. The molecule has 1 aromatic rings. The molecule has 0 radical (unpaired) electrons. The Balaban J connectivity index is 2.57. The number of halogens is 1. The van der Waals surface area contributed by atoms with E-state index in [1.54, 1.807) is 0 Å². The topological polar surface area (TPSA) is 57.5 Å². The largest absolute Gasteiger partial charge is 0.478 e. The molecular formula is C11H11FO3. The predicted molar refractivity (Wildman–Crippen MR) is 51.3 cm³/mol. The lowest BCUT2D eigenvalue weighted by atomic mass is 9.88. The fraction of sp³-hybridized carbons (Fsp3) is 0.364. The van der Waals surface area contributed by atoms with Crippen molar-refractivity contribution >= 4 is 5.97 Å². The van der Waals surface area contributed by atoms with Crippen molar-refractivity contribution in [2.75, 3.05) is 0 Å². The molecule has 0 fully saturated rings. The highest BCUT2D eigenvalue weighted by molar-refractivity contribution is 5.88. The van der Waals surface area contributed by atoms with Gasteiger partial charge in [0, 0.05) is 0 Å². The summed E-state index contributed by atoms with van der Waals surface area (Å²) in [6, 6.07) is 2.72. The molecule has 1 aliphatic carbocycles. The molecule has 2 rings (SSSR count). The zero-order chi connectivity index (χ0) is 11.0. The van der Waals surface area contributed by atoms with E-state index in [2.05, 4.69) is 0 Å². The Morgan fingerprint density at radius 1 is 1.47 bits per heavy atom. The molecule has 80 valence electrons. The highest BCUT2D eigenvalue weighted by Crippen LogP contribution is 2.32. The third-order valence-corrected chi connectivity index (χ3v) is 2.77. The van der Waals surface area contributed by atoms with Crippen molar-refractivity contribution in [3.05, 3.63) is 34.6 Å². The second kappa shape index (κ2) is 3.62. The van der Waals surface area contributed by atoms with Crippen LogP contribution in [0.4, 0.5) is 4.39 Å². The van der Waals surface area contributed by atoms with E-state index in [9.17, 15) is 14.3 Å². The molecule has 0 saturated heterocycles. The van der Waals surface area contributed by atoms with Gasteiger partial charge in [0.05, 0.1) is 11.7 Å². The van der Waals surface area contributed by atoms with Crippen molar-refractivity contribution in [3.8, 4) is 0 Å². The first-order chi connectivity index (χ1) is 7.11. The van der Waals surface area contributed by atoms with Crippen LogP contribution in [0, 0.1) is 5.82 Å². The Labute approximate surface area is 86.2 Å². The summed E-state index contributed by atoms with van der Waals surface area (Å²) < 4.78 is 13.7. The number of carboxylic acid groups (broad SMARTS) is 1. The lowest BCUT2D eigenvalue weighted by Crippen LogP contribution is -2.14. The molecule has 0 aliphatic heterocycles. The summed E-state index contributed by atoms with van der Waals surface area (Å²) in [6.45, 7) is 0. The molecule has 1 atom stereocenters. The van der Waals surface area contributed by atoms with Crippen molar-refractivity contribution in [2.45, 2.75) is 25.4 Å². The van der Waals surface area contributed by atoms with E-state index in [0.29, 0.717) is 30.4 Å². The van der Waals surface area contributed by atoms with E-state index in [1.807, 2.05) is 0 Å². The summed E-state index contributed by atoms with van der Waals surface area (Å²) in [5.74, 6) is -1.96. The number of carboxylic acids is 1.